The van der Waals surface area contributed by atoms with Crippen LogP contribution in [0.2, 0.25) is 0 Å². The van der Waals surface area contributed by atoms with Crippen molar-refractivity contribution in [3.63, 3.8) is 0 Å². The summed E-state index contributed by atoms with van der Waals surface area (Å²) in [6, 6.07) is 31.4. The molecule has 0 radical (unpaired) electrons. The van der Waals surface area contributed by atoms with Crippen LogP contribution in [-0.2, 0) is 9.59 Å². The highest BCUT2D eigenvalue weighted by molar-refractivity contribution is 6.53. The van der Waals surface area contributed by atoms with E-state index in [2.05, 4.69) is 10.6 Å². The van der Waals surface area contributed by atoms with Gasteiger partial charge in [0.1, 0.15) is 22.2 Å². The monoisotopic (exact) mass is 509 g/mol. The van der Waals surface area contributed by atoms with E-state index >= 15 is 0 Å². The van der Waals surface area contributed by atoms with Crippen molar-refractivity contribution >= 4 is 46.4 Å². The summed E-state index contributed by atoms with van der Waals surface area (Å²) in [6.07, 6.45) is 0. The van der Waals surface area contributed by atoms with Crippen LogP contribution in [0.25, 0.3) is 0 Å². The molecule has 4 aromatic rings. The predicted octanol–water partition coefficient (Wildman–Crippen LogP) is 6.17. The molecular weight excluding hydrogens is 490 g/mol. The van der Waals surface area contributed by atoms with Crippen molar-refractivity contribution in [1.29, 1.82) is 0 Å². The van der Waals surface area contributed by atoms with Crippen LogP contribution in [0.15, 0.2) is 120 Å². The summed E-state index contributed by atoms with van der Waals surface area (Å²) in [5.74, 6) is -0.262. The number of carbonyl (C=O) groups is 3. The Morgan fingerprint density at radius 1 is 0.676 bits per heavy atom. The van der Waals surface area contributed by atoms with E-state index in [1.54, 1.807) is 60.7 Å². The van der Waals surface area contributed by atoms with Crippen LogP contribution >= 0.6 is 11.6 Å². The molecule has 0 aliphatic carbocycles. The van der Waals surface area contributed by atoms with Crippen molar-refractivity contribution in [3.8, 4) is 11.5 Å². The maximum Gasteiger partial charge on any atom is 0.283 e. The molecule has 4 aromatic carbocycles. The summed E-state index contributed by atoms with van der Waals surface area (Å²) in [7, 11) is 0. The van der Waals surface area contributed by atoms with Gasteiger partial charge in [0.05, 0.1) is 5.69 Å². The standard InChI is InChI=1S/C29H20ClN3O4/c30-25-26(31-21-13-11-19(12-14-21)27(34)32-20-7-3-1-4-8-20)29(36)33(28(25)35)22-15-17-24(18-16-22)37-23-9-5-2-6-10-23/h1-18,31H,(H,32,34). The second-order valence-electron chi connectivity index (χ2n) is 8.07. The first kappa shape index (κ1) is 23.8. The van der Waals surface area contributed by atoms with Gasteiger partial charge in [0, 0.05) is 16.9 Å². The van der Waals surface area contributed by atoms with Gasteiger partial charge in [-0.15, -0.1) is 0 Å². The highest BCUT2D eigenvalue weighted by Gasteiger charge is 2.39. The Bertz CT molecular complexity index is 1490. The molecule has 182 valence electrons. The van der Waals surface area contributed by atoms with Crippen molar-refractivity contribution in [2.75, 3.05) is 15.5 Å². The number of rotatable bonds is 7. The zero-order valence-corrected chi connectivity index (χ0v) is 20.1. The molecule has 7 nitrogen and oxygen atoms in total. The van der Waals surface area contributed by atoms with Crippen LogP contribution < -0.4 is 20.3 Å². The average molecular weight is 510 g/mol. The lowest BCUT2D eigenvalue weighted by Crippen LogP contribution is -2.32. The lowest BCUT2D eigenvalue weighted by Gasteiger charge is -2.16. The van der Waals surface area contributed by atoms with Crippen molar-refractivity contribution in [2.45, 2.75) is 0 Å². The second kappa shape index (κ2) is 10.4. The lowest BCUT2D eigenvalue weighted by atomic mass is 10.2. The number of carbonyl (C=O) groups excluding carboxylic acids is 3. The third-order valence-corrected chi connectivity index (χ3v) is 5.90. The molecule has 2 N–H and O–H groups in total. The fourth-order valence-electron chi connectivity index (χ4n) is 3.71. The minimum Gasteiger partial charge on any atom is -0.457 e. The first-order valence-corrected chi connectivity index (χ1v) is 11.7. The number of imide groups is 1. The zero-order valence-electron chi connectivity index (χ0n) is 19.4. The summed E-state index contributed by atoms with van der Waals surface area (Å²) in [5, 5.41) is 5.50. The molecule has 0 spiro atoms. The first-order chi connectivity index (χ1) is 18.0. The van der Waals surface area contributed by atoms with E-state index in [4.69, 9.17) is 16.3 Å². The number of anilines is 3. The number of nitrogens with zero attached hydrogens (tertiary/aromatic N) is 1. The number of nitrogens with one attached hydrogen (secondary N) is 2. The van der Waals surface area contributed by atoms with E-state index in [1.165, 1.54) is 0 Å². The number of hydrogen-bond donors (Lipinski definition) is 2. The number of benzene rings is 4. The number of amides is 3. The predicted molar refractivity (Wildman–Crippen MR) is 143 cm³/mol. The van der Waals surface area contributed by atoms with Crippen LogP contribution in [0.5, 0.6) is 11.5 Å². The molecule has 5 rings (SSSR count). The van der Waals surface area contributed by atoms with Crippen molar-refractivity contribution in [3.05, 3.63) is 125 Å². The van der Waals surface area contributed by atoms with E-state index in [0.717, 1.165) is 4.90 Å². The van der Waals surface area contributed by atoms with Crippen LogP contribution in [0.3, 0.4) is 0 Å². The molecule has 37 heavy (non-hydrogen) atoms. The SMILES string of the molecule is O=C(Nc1ccccc1)c1ccc(NC2=C(Cl)C(=O)N(c3ccc(Oc4ccccc4)cc3)C2=O)cc1. The molecule has 1 aliphatic rings. The molecule has 8 heteroatoms. The molecular formula is C29H20ClN3O4. The second-order valence-corrected chi connectivity index (χ2v) is 8.44. The van der Waals surface area contributed by atoms with Crippen LogP contribution in [-0.4, -0.2) is 17.7 Å². The maximum absolute atomic E-state index is 13.1. The minimum atomic E-state index is -0.634. The summed E-state index contributed by atoms with van der Waals surface area (Å²) in [6.45, 7) is 0. The van der Waals surface area contributed by atoms with Crippen LogP contribution in [0, 0.1) is 0 Å². The van der Waals surface area contributed by atoms with E-state index in [9.17, 15) is 14.4 Å². The van der Waals surface area contributed by atoms with Gasteiger partial charge in [0.15, 0.2) is 0 Å². The molecule has 0 bridgehead atoms. The van der Waals surface area contributed by atoms with Gasteiger partial charge < -0.3 is 15.4 Å². The summed E-state index contributed by atoms with van der Waals surface area (Å²) >= 11 is 6.24. The fraction of sp³-hybridized carbons (Fsp3) is 0. The largest absolute Gasteiger partial charge is 0.457 e. The Morgan fingerprint density at radius 2 is 1.27 bits per heavy atom. The van der Waals surface area contributed by atoms with Crippen molar-refractivity contribution < 1.29 is 19.1 Å². The van der Waals surface area contributed by atoms with Crippen LogP contribution in [0.4, 0.5) is 17.1 Å². The Hall–Kier alpha value is -4.88. The topological polar surface area (TPSA) is 87.7 Å². The average Bonchev–Trinajstić information content (AvgIpc) is 3.13. The number of ether oxygens (including phenoxy) is 1. The molecule has 3 amide bonds. The lowest BCUT2D eigenvalue weighted by molar-refractivity contribution is -0.120. The molecule has 0 unspecified atom stereocenters. The van der Waals surface area contributed by atoms with Gasteiger partial charge in [-0.05, 0) is 72.8 Å². The molecule has 0 saturated carbocycles. The molecule has 0 atom stereocenters. The highest BCUT2D eigenvalue weighted by atomic mass is 35.5. The normalized spacial score (nSPS) is 13.1. The van der Waals surface area contributed by atoms with Gasteiger partial charge in [-0.25, -0.2) is 4.90 Å². The third kappa shape index (κ3) is 5.22. The van der Waals surface area contributed by atoms with Gasteiger partial charge in [0.2, 0.25) is 0 Å². The highest BCUT2D eigenvalue weighted by Crippen LogP contribution is 2.32. The van der Waals surface area contributed by atoms with Gasteiger partial charge in [0.25, 0.3) is 17.7 Å². The summed E-state index contributed by atoms with van der Waals surface area (Å²) in [4.78, 5) is 39.4. The minimum absolute atomic E-state index is 0.0437. The van der Waals surface area contributed by atoms with Gasteiger partial charge in [-0.2, -0.15) is 0 Å². The molecule has 0 saturated heterocycles. The summed E-state index contributed by atoms with van der Waals surface area (Å²) in [5.41, 5.74) is 1.93. The van der Waals surface area contributed by atoms with E-state index in [0.29, 0.717) is 34.1 Å². The van der Waals surface area contributed by atoms with Crippen molar-refractivity contribution in [1.82, 2.24) is 0 Å². The molecule has 0 fully saturated rings. The fourth-order valence-corrected chi connectivity index (χ4v) is 3.92. The molecule has 0 aromatic heterocycles. The quantitative estimate of drug-likeness (QED) is 0.291. The smallest absolute Gasteiger partial charge is 0.283 e. The van der Waals surface area contributed by atoms with Crippen molar-refractivity contribution in [2.24, 2.45) is 0 Å². The molecule has 1 aliphatic heterocycles. The maximum atomic E-state index is 13.1. The number of halogens is 1. The zero-order chi connectivity index (χ0) is 25.8. The third-order valence-electron chi connectivity index (χ3n) is 5.55. The van der Waals surface area contributed by atoms with Gasteiger partial charge >= 0.3 is 0 Å². The van der Waals surface area contributed by atoms with E-state index in [1.807, 2.05) is 48.5 Å². The van der Waals surface area contributed by atoms with Gasteiger partial charge in [-0.1, -0.05) is 48.0 Å². The van der Waals surface area contributed by atoms with E-state index in [-0.39, 0.29) is 16.6 Å². The summed E-state index contributed by atoms with van der Waals surface area (Å²) < 4.78 is 5.76. The molecule has 1 heterocycles. The van der Waals surface area contributed by atoms with Gasteiger partial charge in [-0.3, -0.25) is 14.4 Å². The Labute approximate surface area is 217 Å². The Balaban J connectivity index is 1.26. The van der Waals surface area contributed by atoms with Crippen LogP contribution in [0.1, 0.15) is 10.4 Å². The van der Waals surface area contributed by atoms with E-state index < -0.39 is 11.8 Å². The number of para-hydroxylation sites is 2. The first-order valence-electron chi connectivity index (χ1n) is 11.3. The Morgan fingerprint density at radius 3 is 1.92 bits per heavy atom. The number of hydrogen-bond acceptors (Lipinski definition) is 5. The Kier molecular flexibility index (Phi) is 6.70.